The summed E-state index contributed by atoms with van der Waals surface area (Å²) < 4.78 is 9.65. The summed E-state index contributed by atoms with van der Waals surface area (Å²) in [5, 5.41) is 28.5. The number of phenols is 3. The SMILES string of the molecule is COC1OC(=O)c2c(C)c(O)c(O)c(O)c21. The Morgan fingerprint density at radius 3 is 2.38 bits per heavy atom. The molecule has 6 heteroatoms. The molecule has 0 saturated carbocycles. The highest BCUT2D eigenvalue weighted by Gasteiger charge is 2.38. The lowest BCUT2D eigenvalue weighted by molar-refractivity contribution is -0.0824. The molecule has 86 valence electrons. The number of carbonyl (C=O) groups is 1. The molecule has 0 radical (unpaired) electrons. The highest BCUT2D eigenvalue weighted by atomic mass is 16.7. The quantitative estimate of drug-likeness (QED) is 0.487. The second-order valence-corrected chi connectivity index (χ2v) is 3.43. The zero-order chi connectivity index (χ0) is 12.0. The average molecular weight is 226 g/mol. The molecular formula is C10H10O6. The number of benzene rings is 1. The van der Waals surface area contributed by atoms with E-state index in [9.17, 15) is 20.1 Å². The Hall–Kier alpha value is -1.95. The molecule has 0 spiro atoms. The van der Waals surface area contributed by atoms with Crippen LogP contribution in [-0.2, 0) is 9.47 Å². The molecule has 0 amide bonds. The number of phenolic OH excluding ortho intramolecular Hbond substituents is 3. The molecule has 6 nitrogen and oxygen atoms in total. The van der Waals surface area contributed by atoms with Gasteiger partial charge in [0.25, 0.3) is 0 Å². The molecule has 1 atom stereocenters. The van der Waals surface area contributed by atoms with E-state index in [1.807, 2.05) is 0 Å². The minimum atomic E-state index is -1.06. The van der Waals surface area contributed by atoms with Gasteiger partial charge in [-0.3, -0.25) is 0 Å². The van der Waals surface area contributed by atoms with Crippen LogP contribution in [0.5, 0.6) is 17.2 Å². The number of fused-ring (bicyclic) bond motifs is 1. The Morgan fingerprint density at radius 2 is 1.81 bits per heavy atom. The van der Waals surface area contributed by atoms with E-state index in [-0.39, 0.29) is 16.7 Å². The molecule has 1 unspecified atom stereocenters. The fourth-order valence-corrected chi connectivity index (χ4v) is 1.73. The van der Waals surface area contributed by atoms with Crippen molar-refractivity contribution in [2.24, 2.45) is 0 Å². The molecule has 16 heavy (non-hydrogen) atoms. The van der Waals surface area contributed by atoms with Crippen molar-refractivity contribution in [1.82, 2.24) is 0 Å². The molecule has 2 rings (SSSR count). The van der Waals surface area contributed by atoms with Crippen molar-refractivity contribution in [3.63, 3.8) is 0 Å². The van der Waals surface area contributed by atoms with Gasteiger partial charge in [0.05, 0.1) is 11.1 Å². The van der Waals surface area contributed by atoms with Gasteiger partial charge in [0.15, 0.2) is 11.5 Å². The number of hydrogen-bond donors (Lipinski definition) is 3. The van der Waals surface area contributed by atoms with Crippen molar-refractivity contribution in [3.05, 3.63) is 16.7 Å². The molecular weight excluding hydrogens is 216 g/mol. The molecule has 1 aliphatic heterocycles. The number of ether oxygens (including phenoxy) is 2. The van der Waals surface area contributed by atoms with E-state index < -0.39 is 29.5 Å². The molecule has 0 fully saturated rings. The summed E-state index contributed by atoms with van der Waals surface area (Å²) in [4.78, 5) is 11.5. The second-order valence-electron chi connectivity index (χ2n) is 3.43. The Balaban J connectivity index is 2.80. The number of hydrogen-bond acceptors (Lipinski definition) is 6. The van der Waals surface area contributed by atoms with Gasteiger partial charge in [-0.15, -0.1) is 0 Å². The molecule has 1 heterocycles. The standard InChI is InChI=1S/C10H10O6/c1-3-4-5(7(12)8(13)6(3)11)10(15-2)16-9(4)14/h10-13H,1-2H3. The summed E-state index contributed by atoms with van der Waals surface area (Å²) in [5.74, 6) is -2.53. The first-order chi connectivity index (χ1) is 7.49. The van der Waals surface area contributed by atoms with Crippen LogP contribution in [0.3, 0.4) is 0 Å². The van der Waals surface area contributed by atoms with E-state index in [2.05, 4.69) is 0 Å². The number of aromatic hydroxyl groups is 3. The first-order valence-electron chi connectivity index (χ1n) is 4.50. The zero-order valence-corrected chi connectivity index (χ0v) is 8.64. The topological polar surface area (TPSA) is 96.2 Å². The minimum absolute atomic E-state index is 0.0275. The maximum atomic E-state index is 11.5. The van der Waals surface area contributed by atoms with Crippen molar-refractivity contribution in [2.45, 2.75) is 13.2 Å². The van der Waals surface area contributed by atoms with E-state index >= 15 is 0 Å². The van der Waals surface area contributed by atoms with Crippen LogP contribution in [0.15, 0.2) is 0 Å². The van der Waals surface area contributed by atoms with Crippen molar-refractivity contribution in [1.29, 1.82) is 0 Å². The van der Waals surface area contributed by atoms with Crippen molar-refractivity contribution in [2.75, 3.05) is 7.11 Å². The monoisotopic (exact) mass is 226 g/mol. The second kappa shape index (κ2) is 3.28. The van der Waals surface area contributed by atoms with Crippen LogP contribution in [0.2, 0.25) is 0 Å². The Bertz CT molecular complexity index is 479. The van der Waals surface area contributed by atoms with Gasteiger partial charge < -0.3 is 24.8 Å². The largest absolute Gasteiger partial charge is 0.504 e. The normalized spacial score (nSPS) is 18.4. The third kappa shape index (κ3) is 1.13. The summed E-state index contributed by atoms with van der Waals surface area (Å²) in [5.41, 5.74) is 0.217. The molecule has 0 aliphatic carbocycles. The maximum Gasteiger partial charge on any atom is 0.341 e. The Kier molecular flexibility index (Phi) is 2.16. The lowest BCUT2D eigenvalue weighted by Gasteiger charge is -2.11. The van der Waals surface area contributed by atoms with E-state index in [4.69, 9.17) is 9.47 Å². The summed E-state index contributed by atoms with van der Waals surface area (Å²) in [6.45, 7) is 1.44. The molecule has 1 aromatic rings. The lowest BCUT2D eigenvalue weighted by Crippen LogP contribution is -2.00. The zero-order valence-electron chi connectivity index (χ0n) is 8.64. The molecule has 1 aromatic carbocycles. The first-order valence-corrected chi connectivity index (χ1v) is 4.50. The van der Waals surface area contributed by atoms with Crippen LogP contribution in [0.25, 0.3) is 0 Å². The number of rotatable bonds is 1. The van der Waals surface area contributed by atoms with Crippen molar-refractivity contribution >= 4 is 5.97 Å². The van der Waals surface area contributed by atoms with Crippen molar-refractivity contribution in [3.8, 4) is 17.2 Å². The van der Waals surface area contributed by atoms with Gasteiger partial charge in [0, 0.05) is 12.7 Å². The van der Waals surface area contributed by atoms with E-state index in [0.717, 1.165) is 0 Å². The average Bonchev–Trinajstić information content (AvgIpc) is 2.60. The molecule has 0 saturated heterocycles. The number of cyclic esters (lactones) is 1. The predicted molar refractivity (Wildman–Crippen MR) is 51.3 cm³/mol. The third-order valence-corrected chi connectivity index (χ3v) is 2.57. The molecule has 3 N–H and O–H groups in total. The molecule has 0 bridgehead atoms. The van der Waals surface area contributed by atoms with E-state index in [0.29, 0.717) is 0 Å². The fraction of sp³-hybridized carbons (Fsp3) is 0.300. The number of esters is 1. The first kappa shape index (κ1) is 10.6. The van der Waals surface area contributed by atoms with Crippen LogP contribution in [0, 0.1) is 6.92 Å². The van der Waals surface area contributed by atoms with Crippen LogP contribution >= 0.6 is 0 Å². The maximum absolute atomic E-state index is 11.5. The highest BCUT2D eigenvalue weighted by Crippen LogP contribution is 2.49. The third-order valence-electron chi connectivity index (χ3n) is 2.57. The van der Waals surface area contributed by atoms with Gasteiger partial charge >= 0.3 is 5.97 Å². The summed E-state index contributed by atoms with van der Waals surface area (Å²) >= 11 is 0. The van der Waals surface area contributed by atoms with Crippen molar-refractivity contribution < 1.29 is 29.6 Å². The fourth-order valence-electron chi connectivity index (χ4n) is 1.73. The van der Waals surface area contributed by atoms with E-state index in [1.165, 1.54) is 14.0 Å². The Labute approximate surface area is 90.7 Å². The summed E-state index contributed by atoms with van der Waals surface area (Å²) in [6.07, 6.45) is -1.06. The molecule has 1 aliphatic rings. The summed E-state index contributed by atoms with van der Waals surface area (Å²) in [6, 6.07) is 0. The van der Waals surface area contributed by atoms with Gasteiger partial charge in [-0.25, -0.2) is 4.79 Å². The van der Waals surface area contributed by atoms with Gasteiger partial charge in [-0.05, 0) is 6.92 Å². The van der Waals surface area contributed by atoms with Gasteiger partial charge in [-0.2, -0.15) is 0 Å². The number of methoxy groups -OCH3 is 1. The lowest BCUT2D eigenvalue weighted by atomic mass is 10.0. The van der Waals surface area contributed by atoms with Gasteiger partial charge in [0.1, 0.15) is 0 Å². The van der Waals surface area contributed by atoms with Crippen LogP contribution < -0.4 is 0 Å². The number of carbonyl (C=O) groups excluding carboxylic acids is 1. The highest BCUT2D eigenvalue weighted by molar-refractivity contribution is 5.98. The van der Waals surface area contributed by atoms with Crippen LogP contribution in [0.4, 0.5) is 0 Å². The predicted octanol–water partition coefficient (Wildman–Crippen LogP) is 0.927. The van der Waals surface area contributed by atoms with Gasteiger partial charge in [0.2, 0.25) is 12.0 Å². The Morgan fingerprint density at radius 1 is 1.19 bits per heavy atom. The summed E-state index contributed by atoms with van der Waals surface area (Å²) in [7, 11) is 1.30. The minimum Gasteiger partial charge on any atom is -0.504 e. The van der Waals surface area contributed by atoms with Crippen LogP contribution in [0.1, 0.15) is 27.8 Å². The smallest absolute Gasteiger partial charge is 0.341 e. The van der Waals surface area contributed by atoms with Crippen LogP contribution in [-0.4, -0.2) is 28.4 Å². The van der Waals surface area contributed by atoms with E-state index in [1.54, 1.807) is 0 Å². The molecule has 0 aromatic heterocycles. The van der Waals surface area contributed by atoms with Gasteiger partial charge in [-0.1, -0.05) is 0 Å².